The van der Waals surface area contributed by atoms with Gasteiger partial charge in [0.1, 0.15) is 4.90 Å². The SMILES string of the molecule is CCC[N+](CCC)=C1SCC(O)(c2ccc(Cl)c(S(=O)(=O)NCC(C)C)c2)N1C.[Br-]. The summed E-state index contributed by atoms with van der Waals surface area (Å²) in [5.41, 5.74) is -0.781. The maximum absolute atomic E-state index is 12.7. The summed E-state index contributed by atoms with van der Waals surface area (Å²) in [6, 6.07) is 4.74. The van der Waals surface area contributed by atoms with Crippen LogP contribution in [-0.4, -0.2) is 60.6 Å². The molecule has 2 N–H and O–H groups in total. The fourth-order valence-electron chi connectivity index (χ4n) is 3.25. The molecule has 0 bridgehead atoms. The van der Waals surface area contributed by atoms with Crippen molar-refractivity contribution < 1.29 is 35.1 Å². The fourth-order valence-corrected chi connectivity index (χ4v) is 6.39. The van der Waals surface area contributed by atoms with Gasteiger partial charge in [-0.05, 0) is 42.7 Å². The van der Waals surface area contributed by atoms with E-state index >= 15 is 0 Å². The second kappa shape index (κ2) is 11.5. The summed E-state index contributed by atoms with van der Waals surface area (Å²) in [5.74, 6) is 0.595. The number of nitrogens with one attached hydrogen (secondary N) is 1. The van der Waals surface area contributed by atoms with Gasteiger partial charge in [0.2, 0.25) is 15.7 Å². The third-order valence-corrected chi connectivity index (χ3v) is 8.11. The molecule has 1 heterocycles. The highest BCUT2D eigenvalue weighted by Gasteiger charge is 2.50. The first-order valence-electron chi connectivity index (χ1n) is 10.1. The van der Waals surface area contributed by atoms with Crippen LogP contribution < -0.4 is 21.7 Å². The third-order valence-electron chi connectivity index (χ3n) is 4.87. The monoisotopic (exact) mass is 541 g/mol. The van der Waals surface area contributed by atoms with Gasteiger partial charge in [-0.25, -0.2) is 18.0 Å². The van der Waals surface area contributed by atoms with Gasteiger partial charge < -0.3 is 22.1 Å². The molecule has 1 saturated heterocycles. The zero-order chi connectivity index (χ0) is 21.8. The molecule has 0 aliphatic carbocycles. The summed E-state index contributed by atoms with van der Waals surface area (Å²) in [5, 5.41) is 12.6. The van der Waals surface area contributed by atoms with Gasteiger partial charge in [0.25, 0.3) is 0 Å². The lowest BCUT2D eigenvalue weighted by atomic mass is 10.0. The van der Waals surface area contributed by atoms with Crippen molar-refractivity contribution in [3.8, 4) is 0 Å². The standard InChI is InChI=1S/C20H33ClN3O3S2.BrH/c1-6-10-24(11-7-2)19-23(5)20(25,14-28-19)16-8-9-17(21)18(12-16)29(26,27)22-13-15(3)4;/h8-9,12,15,22,25H,6-7,10-11,13-14H2,1-5H3;1H/q+1;/p-1. The van der Waals surface area contributed by atoms with E-state index in [2.05, 4.69) is 23.1 Å². The molecular formula is C20H33BrClN3O3S2. The van der Waals surface area contributed by atoms with Crippen molar-refractivity contribution in [3.63, 3.8) is 0 Å². The molecule has 0 spiro atoms. The van der Waals surface area contributed by atoms with Crippen molar-refractivity contribution in [3.05, 3.63) is 28.8 Å². The number of hydrogen-bond acceptors (Lipinski definition) is 4. The van der Waals surface area contributed by atoms with Gasteiger partial charge in [0, 0.05) is 12.1 Å². The first-order valence-corrected chi connectivity index (χ1v) is 12.9. The summed E-state index contributed by atoms with van der Waals surface area (Å²) in [4.78, 5) is 1.85. The second-order valence-corrected chi connectivity index (χ2v) is 10.9. The minimum atomic E-state index is -3.76. The lowest BCUT2D eigenvalue weighted by Crippen LogP contribution is -3.00. The first-order chi connectivity index (χ1) is 13.6. The number of sulfonamides is 1. The Balaban J connectivity index is 0.00000450. The number of hydrogen-bond donors (Lipinski definition) is 2. The highest BCUT2D eigenvalue weighted by atomic mass is 79.9. The van der Waals surface area contributed by atoms with Crippen LogP contribution in [0.15, 0.2) is 23.1 Å². The minimum absolute atomic E-state index is 0. The van der Waals surface area contributed by atoms with E-state index in [1.807, 2.05) is 25.8 Å². The molecule has 1 aliphatic heterocycles. The van der Waals surface area contributed by atoms with E-state index in [0.717, 1.165) is 31.1 Å². The average Bonchev–Trinajstić information content (AvgIpc) is 2.96. The van der Waals surface area contributed by atoms with Crippen LogP contribution in [0, 0.1) is 5.92 Å². The van der Waals surface area contributed by atoms with Crippen LogP contribution in [0.2, 0.25) is 5.02 Å². The summed E-state index contributed by atoms with van der Waals surface area (Å²) in [6.45, 7) is 10.3. The van der Waals surface area contributed by atoms with Crippen LogP contribution in [0.1, 0.15) is 46.1 Å². The molecule has 1 aromatic rings. The number of nitrogens with zero attached hydrogens (tertiary/aromatic N) is 2. The Bertz CT molecular complexity index is 857. The van der Waals surface area contributed by atoms with Crippen LogP contribution >= 0.6 is 23.4 Å². The van der Waals surface area contributed by atoms with Gasteiger partial charge in [-0.3, -0.25) is 4.58 Å². The maximum atomic E-state index is 12.7. The topological polar surface area (TPSA) is 72.6 Å². The Morgan fingerprint density at radius 2 is 1.90 bits per heavy atom. The molecule has 1 aromatic carbocycles. The maximum Gasteiger partial charge on any atom is 0.311 e. The molecule has 1 fully saturated rings. The van der Waals surface area contributed by atoms with Crippen molar-refractivity contribution in [1.82, 2.24) is 9.62 Å². The van der Waals surface area contributed by atoms with Gasteiger partial charge in [-0.2, -0.15) is 0 Å². The average molecular weight is 543 g/mol. The molecular weight excluding hydrogens is 510 g/mol. The van der Waals surface area contributed by atoms with Crippen molar-refractivity contribution >= 4 is 38.6 Å². The predicted octanol–water partition coefficient (Wildman–Crippen LogP) is 0.291. The molecule has 172 valence electrons. The van der Waals surface area contributed by atoms with Crippen LogP contribution in [0.25, 0.3) is 0 Å². The van der Waals surface area contributed by atoms with E-state index in [-0.39, 0.29) is 32.8 Å². The number of thioether (sulfide) groups is 1. The fraction of sp³-hybridized carbons (Fsp3) is 0.650. The molecule has 6 nitrogen and oxygen atoms in total. The Morgan fingerprint density at radius 3 is 2.43 bits per heavy atom. The van der Waals surface area contributed by atoms with Gasteiger partial charge >= 0.3 is 5.17 Å². The van der Waals surface area contributed by atoms with E-state index in [9.17, 15) is 13.5 Å². The van der Waals surface area contributed by atoms with Gasteiger partial charge in [0.05, 0.1) is 30.9 Å². The van der Waals surface area contributed by atoms with Crippen molar-refractivity contribution in [2.75, 3.05) is 32.4 Å². The van der Waals surface area contributed by atoms with E-state index in [0.29, 0.717) is 17.9 Å². The molecule has 1 unspecified atom stereocenters. The number of aliphatic hydroxyl groups is 1. The number of rotatable bonds is 9. The lowest BCUT2D eigenvalue weighted by Gasteiger charge is -2.27. The van der Waals surface area contributed by atoms with E-state index in [1.165, 1.54) is 6.07 Å². The summed E-state index contributed by atoms with van der Waals surface area (Å²) >= 11 is 7.81. The Kier molecular flexibility index (Phi) is 10.6. The van der Waals surface area contributed by atoms with Gasteiger partial charge in [-0.1, -0.05) is 45.4 Å². The van der Waals surface area contributed by atoms with Crippen molar-refractivity contribution in [2.24, 2.45) is 5.92 Å². The number of benzene rings is 1. The zero-order valence-electron chi connectivity index (χ0n) is 18.3. The Morgan fingerprint density at radius 1 is 1.30 bits per heavy atom. The number of amidine groups is 1. The first kappa shape index (κ1) is 27.7. The van der Waals surface area contributed by atoms with Crippen LogP contribution in [0.4, 0.5) is 0 Å². The van der Waals surface area contributed by atoms with E-state index < -0.39 is 15.7 Å². The molecule has 0 aromatic heterocycles. The summed E-state index contributed by atoms with van der Waals surface area (Å²) in [6.07, 6.45) is 2.03. The molecule has 0 amide bonds. The third kappa shape index (κ3) is 6.13. The van der Waals surface area contributed by atoms with Gasteiger partial charge in [0.15, 0.2) is 0 Å². The normalized spacial score (nSPS) is 19.3. The Labute approximate surface area is 200 Å². The second-order valence-electron chi connectivity index (χ2n) is 7.82. The molecule has 1 aliphatic rings. The molecule has 10 heteroatoms. The van der Waals surface area contributed by atoms with Crippen LogP contribution in [-0.2, 0) is 15.7 Å². The van der Waals surface area contributed by atoms with E-state index in [4.69, 9.17) is 11.6 Å². The number of halogens is 2. The molecule has 30 heavy (non-hydrogen) atoms. The van der Waals surface area contributed by atoms with Crippen LogP contribution in [0.5, 0.6) is 0 Å². The smallest absolute Gasteiger partial charge is 0.311 e. The van der Waals surface area contributed by atoms with Crippen molar-refractivity contribution in [1.29, 1.82) is 0 Å². The highest BCUT2D eigenvalue weighted by Crippen LogP contribution is 2.39. The predicted molar refractivity (Wildman–Crippen MR) is 121 cm³/mol. The van der Waals surface area contributed by atoms with Gasteiger partial charge in [-0.15, -0.1) is 0 Å². The quantitative estimate of drug-likeness (QED) is 0.439. The minimum Gasteiger partial charge on any atom is -1.00 e. The Hall–Kier alpha value is -0.320. The summed E-state index contributed by atoms with van der Waals surface area (Å²) in [7, 11) is -1.91. The summed E-state index contributed by atoms with van der Waals surface area (Å²) < 4.78 is 30.4. The van der Waals surface area contributed by atoms with E-state index in [1.54, 1.807) is 23.9 Å². The largest absolute Gasteiger partial charge is 1.00 e. The lowest BCUT2D eigenvalue weighted by molar-refractivity contribution is -0.530. The molecule has 0 saturated carbocycles. The van der Waals surface area contributed by atoms with Crippen LogP contribution in [0.3, 0.4) is 0 Å². The molecule has 2 rings (SSSR count). The molecule has 0 radical (unpaired) electrons. The highest BCUT2D eigenvalue weighted by molar-refractivity contribution is 8.13. The van der Waals surface area contributed by atoms with Crippen molar-refractivity contribution in [2.45, 2.75) is 51.2 Å². The molecule has 1 atom stereocenters. The zero-order valence-corrected chi connectivity index (χ0v) is 22.3.